The van der Waals surface area contributed by atoms with Gasteiger partial charge in [0.05, 0.1) is 23.5 Å². The second-order valence-electron chi connectivity index (χ2n) is 3.17. The minimum Gasteiger partial charge on any atom is -0.492 e. The first-order valence-corrected chi connectivity index (χ1v) is 5.59. The molecule has 1 N–H and O–H groups in total. The van der Waals surface area contributed by atoms with Crippen molar-refractivity contribution in [2.45, 2.75) is 6.92 Å². The third kappa shape index (κ3) is 2.31. The van der Waals surface area contributed by atoms with E-state index in [1.54, 1.807) is 6.20 Å². The molecule has 0 saturated carbocycles. The molecule has 0 spiro atoms. The largest absolute Gasteiger partial charge is 0.492 e. The SMILES string of the molecule is CCOc1ccc(-c2cnc(Cl)[nH]2)cc1Cl. The van der Waals surface area contributed by atoms with Crippen LogP contribution in [0.5, 0.6) is 5.75 Å². The Balaban J connectivity index is 2.34. The van der Waals surface area contributed by atoms with Crippen molar-refractivity contribution in [3.05, 3.63) is 34.7 Å². The number of aromatic amines is 1. The van der Waals surface area contributed by atoms with Crippen LogP contribution >= 0.6 is 23.2 Å². The summed E-state index contributed by atoms with van der Waals surface area (Å²) in [6, 6.07) is 5.55. The Labute approximate surface area is 103 Å². The molecule has 5 heteroatoms. The number of hydrogen-bond donors (Lipinski definition) is 1. The molecule has 1 heterocycles. The van der Waals surface area contributed by atoms with E-state index >= 15 is 0 Å². The fourth-order valence-electron chi connectivity index (χ4n) is 1.38. The molecule has 84 valence electrons. The van der Waals surface area contributed by atoms with Gasteiger partial charge in [-0.2, -0.15) is 0 Å². The second-order valence-corrected chi connectivity index (χ2v) is 3.93. The number of nitrogens with zero attached hydrogens (tertiary/aromatic N) is 1. The van der Waals surface area contributed by atoms with Crippen LogP contribution in [-0.4, -0.2) is 16.6 Å². The molecular formula is C11H10Cl2N2O. The van der Waals surface area contributed by atoms with Gasteiger partial charge in [-0.3, -0.25) is 0 Å². The Hall–Kier alpha value is -1.19. The van der Waals surface area contributed by atoms with E-state index in [0.29, 0.717) is 22.7 Å². The van der Waals surface area contributed by atoms with E-state index in [1.165, 1.54) is 0 Å². The second kappa shape index (κ2) is 4.76. The fourth-order valence-corrected chi connectivity index (χ4v) is 1.77. The van der Waals surface area contributed by atoms with Crippen LogP contribution in [0.3, 0.4) is 0 Å². The molecule has 2 rings (SSSR count). The zero-order valence-electron chi connectivity index (χ0n) is 8.63. The average molecular weight is 257 g/mol. The molecule has 0 aliphatic rings. The Morgan fingerprint density at radius 1 is 1.38 bits per heavy atom. The van der Waals surface area contributed by atoms with Crippen LogP contribution in [0.2, 0.25) is 10.3 Å². The molecule has 0 fully saturated rings. The number of nitrogens with one attached hydrogen (secondary N) is 1. The normalized spacial score (nSPS) is 10.4. The molecule has 0 amide bonds. The molecule has 0 radical (unpaired) electrons. The van der Waals surface area contributed by atoms with Gasteiger partial charge in [0.25, 0.3) is 0 Å². The van der Waals surface area contributed by atoms with E-state index in [2.05, 4.69) is 9.97 Å². The van der Waals surface area contributed by atoms with Gasteiger partial charge in [0.2, 0.25) is 0 Å². The maximum Gasteiger partial charge on any atom is 0.200 e. The average Bonchev–Trinajstić information content (AvgIpc) is 2.68. The van der Waals surface area contributed by atoms with E-state index in [4.69, 9.17) is 27.9 Å². The number of benzene rings is 1. The molecule has 0 bridgehead atoms. The quantitative estimate of drug-likeness (QED) is 0.908. The van der Waals surface area contributed by atoms with E-state index in [9.17, 15) is 0 Å². The van der Waals surface area contributed by atoms with Gasteiger partial charge >= 0.3 is 0 Å². The molecule has 1 aromatic heterocycles. The van der Waals surface area contributed by atoms with E-state index in [0.717, 1.165) is 11.3 Å². The van der Waals surface area contributed by atoms with Crippen molar-refractivity contribution in [1.29, 1.82) is 0 Å². The highest BCUT2D eigenvalue weighted by atomic mass is 35.5. The third-order valence-electron chi connectivity index (χ3n) is 2.09. The number of imidazole rings is 1. The Bertz CT molecular complexity index is 496. The zero-order chi connectivity index (χ0) is 11.5. The van der Waals surface area contributed by atoms with Crippen LogP contribution in [0, 0.1) is 0 Å². The highest BCUT2D eigenvalue weighted by molar-refractivity contribution is 6.32. The molecule has 0 aliphatic carbocycles. The van der Waals surface area contributed by atoms with Crippen molar-refractivity contribution in [2.75, 3.05) is 6.61 Å². The van der Waals surface area contributed by atoms with Crippen molar-refractivity contribution in [2.24, 2.45) is 0 Å². The van der Waals surface area contributed by atoms with E-state index in [1.807, 2.05) is 25.1 Å². The summed E-state index contributed by atoms with van der Waals surface area (Å²) < 4.78 is 5.35. The number of rotatable bonds is 3. The minimum atomic E-state index is 0.361. The first-order valence-electron chi connectivity index (χ1n) is 4.84. The summed E-state index contributed by atoms with van der Waals surface area (Å²) in [6.45, 7) is 2.51. The lowest BCUT2D eigenvalue weighted by Gasteiger charge is -2.06. The first-order chi connectivity index (χ1) is 7.70. The van der Waals surface area contributed by atoms with Crippen LogP contribution in [0.4, 0.5) is 0 Å². The lowest BCUT2D eigenvalue weighted by molar-refractivity contribution is 0.340. The molecule has 16 heavy (non-hydrogen) atoms. The Morgan fingerprint density at radius 3 is 2.75 bits per heavy atom. The summed E-state index contributed by atoms with van der Waals surface area (Å²) in [5.74, 6) is 0.679. The minimum absolute atomic E-state index is 0.361. The summed E-state index contributed by atoms with van der Waals surface area (Å²) in [6.07, 6.45) is 1.66. The molecule has 3 nitrogen and oxygen atoms in total. The molecule has 0 saturated heterocycles. The topological polar surface area (TPSA) is 37.9 Å². The summed E-state index contributed by atoms with van der Waals surface area (Å²) in [5, 5.41) is 0.935. The monoisotopic (exact) mass is 256 g/mol. The molecule has 0 aliphatic heterocycles. The highest BCUT2D eigenvalue weighted by Crippen LogP contribution is 2.29. The van der Waals surface area contributed by atoms with Crippen molar-refractivity contribution in [3.8, 4) is 17.0 Å². The van der Waals surface area contributed by atoms with E-state index < -0.39 is 0 Å². The van der Waals surface area contributed by atoms with Crippen LogP contribution in [0.15, 0.2) is 24.4 Å². The van der Waals surface area contributed by atoms with Gasteiger partial charge in [-0.05, 0) is 36.7 Å². The number of ether oxygens (including phenoxy) is 1. The summed E-state index contributed by atoms with van der Waals surface area (Å²) in [7, 11) is 0. The van der Waals surface area contributed by atoms with Crippen LogP contribution in [0.1, 0.15) is 6.92 Å². The standard InChI is InChI=1S/C11H10Cl2N2O/c1-2-16-10-4-3-7(5-8(10)12)9-6-14-11(13)15-9/h3-6H,2H2,1H3,(H,14,15). The molecule has 1 aromatic carbocycles. The summed E-state index contributed by atoms with van der Waals surface area (Å²) in [4.78, 5) is 6.84. The molecule has 0 atom stereocenters. The van der Waals surface area contributed by atoms with Crippen LogP contribution in [0.25, 0.3) is 11.3 Å². The van der Waals surface area contributed by atoms with Gasteiger partial charge in [0, 0.05) is 5.56 Å². The maximum atomic E-state index is 6.07. The highest BCUT2D eigenvalue weighted by Gasteiger charge is 2.06. The van der Waals surface area contributed by atoms with Gasteiger partial charge in [0.1, 0.15) is 5.75 Å². The maximum absolute atomic E-state index is 6.07. The number of hydrogen-bond acceptors (Lipinski definition) is 2. The van der Waals surface area contributed by atoms with Crippen molar-refractivity contribution in [1.82, 2.24) is 9.97 Å². The Kier molecular flexibility index (Phi) is 3.36. The lowest BCUT2D eigenvalue weighted by Crippen LogP contribution is -1.92. The smallest absolute Gasteiger partial charge is 0.200 e. The summed E-state index contributed by atoms with van der Waals surface area (Å²) in [5.41, 5.74) is 1.75. The van der Waals surface area contributed by atoms with Crippen molar-refractivity contribution in [3.63, 3.8) is 0 Å². The number of H-pyrrole nitrogens is 1. The van der Waals surface area contributed by atoms with E-state index in [-0.39, 0.29) is 0 Å². The van der Waals surface area contributed by atoms with Gasteiger partial charge in [0.15, 0.2) is 5.28 Å². The van der Waals surface area contributed by atoms with Crippen molar-refractivity contribution < 1.29 is 4.74 Å². The predicted octanol–water partition coefficient (Wildman–Crippen LogP) is 3.78. The summed E-state index contributed by atoms with van der Waals surface area (Å²) >= 11 is 11.8. The van der Waals surface area contributed by atoms with Gasteiger partial charge in [-0.15, -0.1) is 0 Å². The lowest BCUT2D eigenvalue weighted by atomic mass is 10.1. The fraction of sp³-hybridized carbons (Fsp3) is 0.182. The van der Waals surface area contributed by atoms with Gasteiger partial charge in [-0.1, -0.05) is 11.6 Å². The van der Waals surface area contributed by atoms with Crippen LogP contribution < -0.4 is 4.74 Å². The Morgan fingerprint density at radius 2 is 2.19 bits per heavy atom. The zero-order valence-corrected chi connectivity index (χ0v) is 10.1. The van der Waals surface area contributed by atoms with Gasteiger partial charge < -0.3 is 9.72 Å². The predicted molar refractivity (Wildman–Crippen MR) is 65.2 cm³/mol. The number of aromatic nitrogens is 2. The van der Waals surface area contributed by atoms with Gasteiger partial charge in [-0.25, -0.2) is 4.98 Å². The molecule has 2 aromatic rings. The van der Waals surface area contributed by atoms with Crippen molar-refractivity contribution >= 4 is 23.2 Å². The number of halogens is 2. The molecule has 0 unspecified atom stereocenters. The third-order valence-corrected chi connectivity index (χ3v) is 2.57. The molecular weight excluding hydrogens is 247 g/mol. The van der Waals surface area contributed by atoms with Crippen LogP contribution in [-0.2, 0) is 0 Å². The first kappa shape index (κ1) is 11.3.